The zero-order valence-corrected chi connectivity index (χ0v) is 19.3. The summed E-state index contributed by atoms with van der Waals surface area (Å²) in [6.45, 7) is 0. The van der Waals surface area contributed by atoms with Gasteiger partial charge < -0.3 is 9.50 Å². The standard InChI is InChI=1S/C26H17N3O6S/c27-17-20(26(30)28-25-10-3-6-19-5-1-2-9-24(19)25)15-18-11-13-22(14-12-18)35-36(33,34)23-8-4-7-21(16-23)29(31)32/h1-16H,(H,28,30)/b20-15+. The minimum atomic E-state index is -4.31. The molecule has 0 heterocycles. The van der Waals surface area contributed by atoms with Crippen LogP contribution in [0.15, 0.2) is 101 Å². The molecule has 4 aromatic rings. The summed E-state index contributed by atoms with van der Waals surface area (Å²) in [5.74, 6) is -0.639. The van der Waals surface area contributed by atoms with Crippen LogP contribution in [0.4, 0.5) is 11.4 Å². The van der Waals surface area contributed by atoms with Crippen LogP contribution in [0.3, 0.4) is 0 Å². The van der Waals surface area contributed by atoms with E-state index in [1.54, 1.807) is 12.1 Å². The summed E-state index contributed by atoms with van der Waals surface area (Å²) < 4.78 is 30.0. The van der Waals surface area contributed by atoms with Crippen molar-refractivity contribution in [3.63, 3.8) is 0 Å². The van der Waals surface area contributed by atoms with Gasteiger partial charge in [-0.15, -0.1) is 0 Å². The molecule has 1 amide bonds. The molecule has 0 saturated carbocycles. The number of nitro benzene ring substituents is 1. The number of rotatable bonds is 7. The molecular weight excluding hydrogens is 482 g/mol. The maximum atomic E-state index is 12.7. The molecule has 0 aromatic heterocycles. The first kappa shape index (κ1) is 24.1. The van der Waals surface area contributed by atoms with Gasteiger partial charge in [0.15, 0.2) is 0 Å². The largest absolute Gasteiger partial charge is 0.379 e. The molecule has 0 atom stereocenters. The van der Waals surface area contributed by atoms with Crippen LogP contribution in [0, 0.1) is 21.4 Å². The van der Waals surface area contributed by atoms with Crippen molar-refractivity contribution < 1.29 is 22.3 Å². The lowest BCUT2D eigenvalue weighted by atomic mass is 10.1. The van der Waals surface area contributed by atoms with Gasteiger partial charge in [0.25, 0.3) is 11.6 Å². The van der Waals surface area contributed by atoms with Gasteiger partial charge in [-0.1, -0.05) is 54.6 Å². The molecule has 178 valence electrons. The first-order valence-electron chi connectivity index (χ1n) is 10.5. The highest BCUT2D eigenvalue weighted by Crippen LogP contribution is 2.25. The average molecular weight is 500 g/mol. The van der Waals surface area contributed by atoms with Crippen molar-refractivity contribution in [3.05, 3.63) is 112 Å². The van der Waals surface area contributed by atoms with Crippen LogP contribution in [0.2, 0.25) is 0 Å². The van der Waals surface area contributed by atoms with Crippen molar-refractivity contribution in [2.45, 2.75) is 4.90 Å². The van der Waals surface area contributed by atoms with Crippen molar-refractivity contribution in [2.75, 3.05) is 5.32 Å². The lowest BCUT2D eigenvalue weighted by Gasteiger charge is -2.09. The number of fused-ring (bicyclic) bond motifs is 1. The third-order valence-electron chi connectivity index (χ3n) is 5.12. The summed E-state index contributed by atoms with van der Waals surface area (Å²) in [4.78, 5) is 22.6. The Kier molecular flexibility index (Phi) is 6.76. The molecule has 0 aliphatic carbocycles. The number of benzene rings is 4. The molecule has 0 fully saturated rings. The molecule has 0 saturated heterocycles. The Morgan fingerprint density at radius 2 is 1.67 bits per heavy atom. The average Bonchev–Trinajstić information content (AvgIpc) is 2.88. The summed E-state index contributed by atoms with van der Waals surface area (Å²) in [6.07, 6.45) is 1.36. The topological polar surface area (TPSA) is 139 Å². The predicted octanol–water partition coefficient (Wildman–Crippen LogP) is 5.06. The molecular formula is C26H17N3O6S. The van der Waals surface area contributed by atoms with Crippen LogP contribution in [-0.2, 0) is 14.9 Å². The van der Waals surface area contributed by atoms with Gasteiger partial charge in [-0.05, 0) is 41.3 Å². The van der Waals surface area contributed by atoms with E-state index in [1.165, 1.54) is 48.5 Å². The number of nitriles is 1. The van der Waals surface area contributed by atoms with Crippen LogP contribution >= 0.6 is 0 Å². The molecule has 0 aliphatic rings. The Labute approximate surface area is 206 Å². The Hall–Kier alpha value is -5.01. The van der Waals surface area contributed by atoms with Crippen molar-refractivity contribution in [3.8, 4) is 11.8 Å². The Morgan fingerprint density at radius 1 is 0.972 bits per heavy atom. The number of nitrogens with one attached hydrogen (secondary N) is 1. The van der Waals surface area contributed by atoms with E-state index in [9.17, 15) is 28.6 Å². The molecule has 0 spiro atoms. The summed E-state index contributed by atoms with van der Waals surface area (Å²) in [6, 6.07) is 25.0. The lowest BCUT2D eigenvalue weighted by molar-refractivity contribution is -0.385. The Morgan fingerprint density at radius 3 is 2.39 bits per heavy atom. The quantitative estimate of drug-likeness (QED) is 0.123. The van der Waals surface area contributed by atoms with E-state index in [2.05, 4.69) is 5.32 Å². The number of hydrogen-bond acceptors (Lipinski definition) is 7. The van der Waals surface area contributed by atoms with Gasteiger partial charge in [0.1, 0.15) is 22.3 Å². The summed E-state index contributed by atoms with van der Waals surface area (Å²) in [5, 5.41) is 24.9. The van der Waals surface area contributed by atoms with Gasteiger partial charge in [-0.25, -0.2) is 0 Å². The van der Waals surface area contributed by atoms with E-state index >= 15 is 0 Å². The van der Waals surface area contributed by atoms with E-state index in [-0.39, 0.29) is 21.9 Å². The third-order valence-corrected chi connectivity index (χ3v) is 6.36. The fourth-order valence-corrected chi connectivity index (χ4v) is 4.36. The molecule has 10 heteroatoms. The van der Waals surface area contributed by atoms with Gasteiger partial charge >= 0.3 is 10.1 Å². The van der Waals surface area contributed by atoms with Gasteiger partial charge in [0.2, 0.25) is 0 Å². The van der Waals surface area contributed by atoms with Crippen molar-refractivity contribution in [2.24, 2.45) is 0 Å². The molecule has 4 aromatic carbocycles. The highest BCUT2D eigenvalue weighted by molar-refractivity contribution is 7.87. The number of hydrogen-bond donors (Lipinski definition) is 1. The second kappa shape index (κ2) is 10.1. The number of non-ortho nitro benzene ring substituents is 1. The highest BCUT2D eigenvalue weighted by atomic mass is 32.2. The van der Waals surface area contributed by atoms with Gasteiger partial charge in [-0.2, -0.15) is 13.7 Å². The number of anilines is 1. The molecule has 4 rings (SSSR count). The van der Waals surface area contributed by atoms with Gasteiger partial charge in [0, 0.05) is 23.2 Å². The molecule has 36 heavy (non-hydrogen) atoms. The normalized spacial score (nSPS) is 11.5. The number of amides is 1. The second-order valence-corrected chi connectivity index (χ2v) is 9.06. The van der Waals surface area contributed by atoms with Crippen LogP contribution in [0.25, 0.3) is 16.8 Å². The minimum Gasteiger partial charge on any atom is -0.379 e. The first-order valence-corrected chi connectivity index (χ1v) is 11.9. The smallest absolute Gasteiger partial charge is 0.339 e. The Balaban J connectivity index is 1.51. The third kappa shape index (κ3) is 5.38. The number of nitro groups is 1. The first-order chi connectivity index (χ1) is 17.3. The zero-order valence-electron chi connectivity index (χ0n) is 18.5. The van der Waals surface area contributed by atoms with Crippen molar-refractivity contribution in [1.82, 2.24) is 0 Å². The highest BCUT2D eigenvalue weighted by Gasteiger charge is 2.20. The maximum Gasteiger partial charge on any atom is 0.339 e. The summed E-state index contributed by atoms with van der Waals surface area (Å²) >= 11 is 0. The van der Waals surface area contributed by atoms with Crippen LogP contribution in [0.5, 0.6) is 5.75 Å². The van der Waals surface area contributed by atoms with Crippen molar-refractivity contribution >= 4 is 44.2 Å². The van der Waals surface area contributed by atoms with Crippen molar-refractivity contribution in [1.29, 1.82) is 5.26 Å². The molecule has 0 aliphatic heterocycles. The van der Waals surface area contributed by atoms with Gasteiger partial charge in [-0.3, -0.25) is 14.9 Å². The van der Waals surface area contributed by atoms with E-state index in [1.807, 2.05) is 36.4 Å². The Bertz CT molecular complexity index is 1650. The maximum absolute atomic E-state index is 12.7. The number of carbonyl (C=O) groups is 1. The minimum absolute atomic E-state index is 0.0441. The molecule has 0 unspecified atom stereocenters. The number of carbonyl (C=O) groups excluding carboxylic acids is 1. The van der Waals surface area contributed by atoms with Crippen LogP contribution in [-0.4, -0.2) is 19.2 Å². The van der Waals surface area contributed by atoms with E-state index in [0.29, 0.717) is 11.3 Å². The molecule has 1 N–H and O–H groups in total. The monoisotopic (exact) mass is 499 g/mol. The zero-order chi connectivity index (χ0) is 25.7. The van der Waals surface area contributed by atoms with Crippen LogP contribution < -0.4 is 9.50 Å². The van der Waals surface area contributed by atoms with Crippen LogP contribution in [0.1, 0.15) is 5.56 Å². The molecule has 0 radical (unpaired) electrons. The molecule has 0 bridgehead atoms. The van der Waals surface area contributed by atoms with E-state index < -0.39 is 20.9 Å². The lowest BCUT2D eigenvalue weighted by Crippen LogP contribution is -2.13. The molecule has 9 nitrogen and oxygen atoms in total. The SMILES string of the molecule is N#C/C(=C\c1ccc(OS(=O)(=O)c2cccc([N+](=O)[O-])c2)cc1)C(=O)Nc1cccc2ccccc12. The van der Waals surface area contributed by atoms with E-state index in [0.717, 1.165) is 16.8 Å². The van der Waals surface area contributed by atoms with Gasteiger partial charge in [0.05, 0.1) is 4.92 Å². The second-order valence-electron chi connectivity index (χ2n) is 7.51. The summed E-state index contributed by atoms with van der Waals surface area (Å²) in [7, 11) is -4.31. The summed E-state index contributed by atoms with van der Waals surface area (Å²) in [5.41, 5.74) is 0.487. The fourth-order valence-electron chi connectivity index (χ4n) is 3.39. The predicted molar refractivity (Wildman–Crippen MR) is 134 cm³/mol. The van der Waals surface area contributed by atoms with E-state index in [4.69, 9.17) is 4.18 Å². The fraction of sp³-hybridized carbons (Fsp3) is 0. The number of nitrogens with zero attached hydrogens (tertiary/aromatic N) is 2.